The summed E-state index contributed by atoms with van der Waals surface area (Å²) in [5, 5.41) is 0.785. The van der Waals surface area contributed by atoms with Gasteiger partial charge in [-0.3, -0.25) is 0 Å². The molecule has 1 aromatic carbocycles. The summed E-state index contributed by atoms with van der Waals surface area (Å²) in [6.07, 6.45) is 5.33. The van der Waals surface area contributed by atoms with Gasteiger partial charge in [-0.15, -0.1) is 0 Å². The first-order valence-electron chi connectivity index (χ1n) is 5.14. The second-order valence-electron chi connectivity index (χ2n) is 3.94. The van der Waals surface area contributed by atoms with Crippen molar-refractivity contribution in [3.05, 3.63) is 52.1 Å². The SMILES string of the molecule is CC(C)=C(C)C/C=C/c1ccc(Cl)cc1. The Balaban J connectivity index is 2.59. The lowest BCUT2D eigenvalue weighted by molar-refractivity contribution is 1.14. The normalized spacial score (nSPS) is 10.7. The zero-order valence-corrected chi connectivity index (χ0v) is 10.3. The average Bonchev–Trinajstić information content (AvgIpc) is 2.20. The highest BCUT2D eigenvalue weighted by atomic mass is 35.5. The predicted octanol–water partition coefficient (Wildman–Crippen LogP) is 5.10. The molecule has 15 heavy (non-hydrogen) atoms. The Morgan fingerprint density at radius 1 is 1.13 bits per heavy atom. The van der Waals surface area contributed by atoms with Crippen LogP contribution in [0.4, 0.5) is 0 Å². The van der Waals surface area contributed by atoms with Gasteiger partial charge < -0.3 is 0 Å². The van der Waals surface area contributed by atoms with Crippen molar-refractivity contribution in [2.24, 2.45) is 0 Å². The molecule has 0 nitrogen and oxygen atoms in total. The van der Waals surface area contributed by atoms with E-state index in [1.807, 2.05) is 24.3 Å². The van der Waals surface area contributed by atoms with Crippen LogP contribution in [0.25, 0.3) is 6.08 Å². The summed E-state index contributed by atoms with van der Waals surface area (Å²) >= 11 is 5.81. The van der Waals surface area contributed by atoms with Crippen molar-refractivity contribution in [2.75, 3.05) is 0 Å². The van der Waals surface area contributed by atoms with Crippen molar-refractivity contribution in [2.45, 2.75) is 27.2 Å². The lowest BCUT2D eigenvalue weighted by atomic mass is 10.1. The lowest BCUT2D eigenvalue weighted by Crippen LogP contribution is -1.77. The van der Waals surface area contributed by atoms with Crippen LogP contribution in [0.2, 0.25) is 5.02 Å². The fraction of sp³-hybridized carbons (Fsp3) is 0.286. The summed E-state index contributed by atoms with van der Waals surface area (Å²) in [5.74, 6) is 0. The van der Waals surface area contributed by atoms with Gasteiger partial charge in [0.15, 0.2) is 0 Å². The molecule has 0 saturated heterocycles. The molecule has 0 radical (unpaired) electrons. The van der Waals surface area contributed by atoms with Crippen LogP contribution in [0.1, 0.15) is 32.8 Å². The highest BCUT2D eigenvalue weighted by Crippen LogP contribution is 2.12. The van der Waals surface area contributed by atoms with Crippen LogP contribution in [0, 0.1) is 0 Å². The third-order valence-electron chi connectivity index (χ3n) is 2.46. The molecule has 0 atom stereocenters. The highest BCUT2D eigenvalue weighted by Gasteiger charge is 1.90. The smallest absolute Gasteiger partial charge is 0.0406 e. The maximum absolute atomic E-state index is 5.81. The minimum Gasteiger partial charge on any atom is -0.0843 e. The fourth-order valence-corrected chi connectivity index (χ4v) is 1.28. The standard InChI is InChI=1S/C14H17Cl/c1-11(2)12(3)5-4-6-13-7-9-14(15)10-8-13/h4,6-10H,5H2,1-3H3/b6-4+. The molecule has 1 heteroatoms. The van der Waals surface area contributed by atoms with Gasteiger partial charge in [0.05, 0.1) is 0 Å². The Kier molecular flexibility index (Phi) is 4.64. The Hall–Kier alpha value is -1.01. The van der Waals surface area contributed by atoms with Crippen LogP contribution in [0.3, 0.4) is 0 Å². The van der Waals surface area contributed by atoms with Gasteiger partial charge in [0.25, 0.3) is 0 Å². The fourth-order valence-electron chi connectivity index (χ4n) is 1.15. The third kappa shape index (κ3) is 4.35. The molecule has 0 unspecified atom stereocenters. The van der Waals surface area contributed by atoms with E-state index >= 15 is 0 Å². The summed E-state index contributed by atoms with van der Waals surface area (Å²) in [4.78, 5) is 0. The molecule has 0 aliphatic carbocycles. The molecule has 0 amide bonds. The van der Waals surface area contributed by atoms with Gasteiger partial charge in [0.1, 0.15) is 0 Å². The molecule has 0 saturated carbocycles. The first kappa shape index (κ1) is 12.1. The van der Waals surface area contributed by atoms with E-state index in [-0.39, 0.29) is 0 Å². The van der Waals surface area contributed by atoms with Crippen molar-refractivity contribution in [1.29, 1.82) is 0 Å². The number of halogens is 1. The minimum atomic E-state index is 0.785. The van der Waals surface area contributed by atoms with Crippen LogP contribution >= 0.6 is 11.6 Å². The highest BCUT2D eigenvalue weighted by molar-refractivity contribution is 6.30. The zero-order chi connectivity index (χ0) is 11.3. The van der Waals surface area contributed by atoms with E-state index in [1.54, 1.807) is 0 Å². The molecular formula is C14H17Cl. The maximum atomic E-state index is 5.81. The average molecular weight is 221 g/mol. The first-order chi connectivity index (χ1) is 7.09. The molecule has 1 rings (SSSR count). The van der Waals surface area contributed by atoms with Gasteiger partial charge >= 0.3 is 0 Å². The summed E-state index contributed by atoms with van der Waals surface area (Å²) in [5.41, 5.74) is 4.02. The van der Waals surface area contributed by atoms with E-state index in [0.29, 0.717) is 0 Å². The summed E-state index contributed by atoms with van der Waals surface area (Å²) < 4.78 is 0. The summed E-state index contributed by atoms with van der Waals surface area (Å²) in [6.45, 7) is 6.46. The second-order valence-corrected chi connectivity index (χ2v) is 4.37. The van der Waals surface area contributed by atoms with Crippen molar-refractivity contribution < 1.29 is 0 Å². The maximum Gasteiger partial charge on any atom is 0.0406 e. The van der Waals surface area contributed by atoms with Crippen LogP contribution in [-0.4, -0.2) is 0 Å². The molecule has 0 aliphatic rings. The molecular weight excluding hydrogens is 204 g/mol. The Bertz CT molecular complexity index is 365. The molecule has 0 spiro atoms. The minimum absolute atomic E-state index is 0.785. The van der Waals surface area contributed by atoms with E-state index in [4.69, 9.17) is 11.6 Å². The molecule has 80 valence electrons. The third-order valence-corrected chi connectivity index (χ3v) is 2.71. The first-order valence-corrected chi connectivity index (χ1v) is 5.52. The van der Waals surface area contributed by atoms with Gasteiger partial charge in [-0.25, -0.2) is 0 Å². The Labute approximate surface area is 97.3 Å². The molecule has 0 heterocycles. The number of benzene rings is 1. The lowest BCUT2D eigenvalue weighted by Gasteiger charge is -1.98. The quantitative estimate of drug-likeness (QED) is 0.622. The zero-order valence-electron chi connectivity index (χ0n) is 9.55. The summed E-state index contributed by atoms with van der Waals surface area (Å²) in [6, 6.07) is 7.87. The van der Waals surface area contributed by atoms with Crippen LogP contribution < -0.4 is 0 Å². The second kappa shape index (κ2) is 5.77. The van der Waals surface area contributed by atoms with Gasteiger partial charge in [-0.2, -0.15) is 0 Å². The van der Waals surface area contributed by atoms with Crippen LogP contribution in [0.5, 0.6) is 0 Å². The molecule has 0 fully saturated rings. The number of hydrogen-bond donors (Lipinski definition) is 0. The van der Waals surface area contributed by atoms with Gasteiger partial charge in [0, 0.05) is 5.02 Å². The van der Waals surface area contributed by atoms with Crippen LogP contribution in [0.15, 0.2) is 41.5 Å². The van der Waals surface area contributed by atoms with Crippen molar-refractivity contribution in [3.63, 3.8) is 0 Å². The summed E-state index contributed by atoms with van der Waals surface area (Å²) in [7, 11) is 0. The van der Waals surface area contributed by atoms with E-state index < -0.39 is 0 Å². The van der Waals surface area contributed by atoms with E-state index in [0.717, 1.165) is 11.4 Å². The van der Waals surface area contributed by atoms with E-state index in [9.17, 15) is 0 Å². The van der Waals surface area contributed by atoms with Gasteiger partial charge in [0.2, 0.25) is 0 Å². The van der Waals surface area contributed by atoms with Gasteiger partial charge in [-0.05, 0) is 44.9 Å². The van der Waals surface area contributed by atoms with E-state index in [1.165, 1.54) is 16.7 Å². The van der Waals surface area contributed by atoms with Crippen molar-refractivity contribution in [3.8, 4) is 0 Å². The molecule has 1 aromatic rings. The van der Waals surface area contributed by atoms with Crippen molar-refractivity contribution in [1.82, 2.24) is 0 Å². The number of allylic oxidation sites excluding steroid dienone is 3. The van der Waals surface area contributed by atoms with Gasteiger partial charge in [-0.1, -0.05) is 47.0 Å². The molecule has 0 bridgehead atoms. The number of rotatable bonds is 3. The van der Waals surface area contributed by atoms with Crippen molar-refractivity contribution >= 4 is 17.7 Å². The topological polar surface area (TPSA) is 0 Å². The predicted molar refractivity (Wildman–Crippen MR) is 69.2 cm³/mol. The van der Waals surface area contributed by atoms with E-state index in [2.05, 4.69) is 32.9 Å². The largest absolute Gasteiger partial charge is 0.0843 e. The Morgan fingerprint density at radius 2 is 1.73 bits per heavy atom. The monoisotopic (exact) mass is 220 g/mol. The molecule has 0 N–H and O–H groups in total. The molecule has 0 aromatic heterocycles. The Morgan fingerprint density at radius 3 is 2.27 bits per heavy atom. The number of hydrogen-bond acceptors (Lipinski definition) is 0. The van der Waals surface area contributed by atoms with Crippen LogP contribution in [-0.2, 0) is 0 Å². The molecule has 0 aliphatic heterocycles.